The lowest BCUT2D eigenvalue weighted by atomic mass is 10.2. The van der Waals surface area contributed by atoms with E-state index in [1.54, 1.807) is 6.07 Å². The molecule has 0 aromatic carbocycles. The van der Waals surface area contributed by atoms with Crippen molar-refractivity contribution in [3.05, 3.63) is 23.9 Å². The fraction of sp³-hybridized carbons (Fsp3) is 0.500. The molecule has 4 heteroatoms. The van der Waals surface area contributed by atoms with Gasteiger partial charge in [-0.3, -0.25) is 0 Å². The lowest BCUT2D eigenvalue weighted by Gasteiger charge is -2.27. The summed E-state index contributed by atoms with van der Waals surface area (Å²) >= 11 is 1.99. The quantitative estimate of drug-likeness (QED) is 0.746. The summed E-state index contributed by atoms with van der Waals surface area (Å²) in [5.41, 5.74) is 0.501. The Kier molecular flexibility index (Phi) is 3.68. The molecule has 84 valence electrons. The molecule has 0 radical (unpaired) electrons. The molecule has 1 aliphatic rings. The summed E-state index contributed by atoms with van der Waals surface area (Å²) in [5.74, 6) is 3.30. The largest absolute Gasteiger partial charge is 0.353 e. The number of rotatable bonds is 1. The molecule has 0 spiro atoms. The number of anilines is 1. The van der Waals surface area contributed by atoms with Gasteiger partial charge in [0.2, 0.25) is 0 Å². The summed E-state index contributed by atoms with van der Waals surface area (Å²) in [6, 6.07) is 8.26. The second-order valence-corrected chi connectivity index (χ2v) is 5.16. The highest BCUT2D eigenvalue weighted by atomic mass is 32.2. The summed E-state index contributed by atoms with van der Waals surface area (Å²) in [5, 5.41) is 8.85. The van der Waals surface area contributed by atoms with E-state index in [0.29, 0.717) is 11.7 Å². The first-order valence-electron chi connectivity index (χ1n) is 5.53. The van der Waals surface area contributed by atoms with E-state index in [9.17, 15) is 0 Å². The lowest BCUT2D eigenvalue weighted by molar-refractivity contribution is 0.638. The van der Waals surface area contributed by atoms with Crippen molar-refractivity contribution in [1.82, 2.24) is 4.98 Å². The molecule has 1 aromatic rings. The van der Waals surface area contributed by atoms with Crippen molar-refractivity contribution in [1.29, 1.82) is 5.26 Å². The van der Waals surface area contributed by atoms with Crippen LogP contribution in [0.4, 0.5) is 5.82 Å². The van der Waals surface area contributed by atoms with E-state index in [2.05, 4.69) is 22.9 Å². The Hall–Kier alpha value is -1.21. The van der Waals surface area contributed by atoms with Crippen LogP contribution < -0.4 is 4.90 Å². The van der Waals surface area contributed by atoms with Gasteiger partial charge < -0.3 is 4.90 Å². The Balaban J connectivity index is 2.24. The molecule has 0 aliphatic carbocycles. The van der Waals surface area contributed by atoms with E-state index in [4.69, 9.17) is 5.26 Å². The number of hydrogen-bond acceptors (Lipinski definition) is 4. The average Bonchev–Trinajstić information content (AvgIpc) is 2.54. The fourth-order valence-corrected chi connectivity index (χ4v) is 2.92. The van der Waals surface area contributed by atoms with Crippen molar-refractivity contribution < 1.29 is 0 Å². The molecule has 1 fully saturated rings. The zero-order chi connectivity index (χ0) is 11.4. The Morgan fingerprint density at radius 1 is 1.50 bits per heavy atom. The van der Waals surface area contributed by atoms with E-state index < -0.39 is 0 Å². The molecule has 1 atom stereocenters. The molecule has 1 unspecified atom stereocenters. The minimum Gasteiger partial charge on any atom is -0.353 e. The smallest absolute Gasteiger partial charge is 0.142 e. The molecular weight excluding hydrogens is 218 g/mol. The first-order chi connectivity index (χ1) is 7.81. The third kappa shape index (κ3) is 2.48. The minimum absolute atomic E-state index is 0.501. The number of nitriles is 1. The summed E-state index contributed by atoms with van der Waals surface area (Å²) in [7, 11) is 0. The van der Waals surface area contributed by atoms with Crippen molar-refractivity contribution in [3.63, 3.8) is 0 Å². The van der Waals surface area contributed by atoms with Gasteiger partial charge in [-0.15, -0.1) is 0 Å². The van der Waals surface area contributed by atoms with Crippen LogP contribution in [0, 0.1) is 11.3 Å². The summed E-state index contributed by atoms with van der Waals surface area (Å²) in [4.78, 5) is 6.67. The van der Waals surface area contributed by atoms with Crippen LogP contribution in [0.1, 0.15) is 19.0 Å². The van der Waals surface area contributed by atoms with Gasteiger partial charge >= 0.3 is 0 Å². The number of aromatic nitrogens is 1. The van der Waals surface area contributed by atoms with E-state index in [1.807, 2.05) is 23.9 Å². The van der Waals surface area contributed by atoms with E-state index in [0.717, 1.165) is 18.1 Å². The highest BCUT2D eigenvalue weighted by Crippen LogP contribution is 2.21. The van der Waals surface area contributed by atoms with Gasteiger partial charge in [-0.05, 0) is 31.2 Å². The Labute approximate surface area is 100 Å². The van der Waals surface area contributed by atoms with Crippen molar-refractivity contribution in [3.8, 4) is 6.07 Å². The molecule has 3 nitrogen and oxygen atoms in total. The van der Waals surface area contributed by atoms with Gasteiger partial charge in [0.05, 0.1) is 0 Å². The number of nitrogens with zero attached hydrogens (tertiary/aromatic N) is 3. The van der Waals surface area contributed by atoms with Gasteiger partial charge in [0.1, 0.15) is 17.6 Å². The van der Waals surface area contributed by atoms with E-state index >= 15 is 0 Å². The molecule has 1 aromatic heterocycles. The molecular formula is C12H15N3S. The van der Waals surface area contributed by atoms with Crippen LogP contribution in [-0.2, 0) is 0 Å². The van der Waals surface area contributed by atoms with Crippen molar-refractivity contribution in [2.75, 3.05) is 23.0 Å². The Morgan fingerprint density at radius 3 is 3.19 bits per heavy atom. The van der Waals surface area contributed by atoms with Crippen LogP contribution in [0.3, 0.4) is 0 Å². The standard InChI is InChI=1S/C12H15N3S/c1-10-5-7-16-8-6-15(10)12-4-2-3-11(9-13)14-12/h2-4,10H,5-8H2,1H3. The fourth-order valence-electron chi connectivity index (χ4n) is 1.88. The minimum atomic E-state index is 0.501. The van der Waals surface area contributed by atoms with Gasteiger partial charge in [-0.25, -0.2) is 4.98 Å². The summed E-state index contributed by atoms with van der Waals surface area (Å²) in [6.07, 6.45) is 1.18. The molecule has 0 bridgehead atoms. The Morgan fingerprint density at radius 2 is 2.38 bits per heavy atom. The van der Waals surface area contributed by atoms with E-state index in [1.165, 1.54) is 12.2 Å². The van der Waals surface area contributed by atoms with Gasteiger partial charge in [-0.1, -0.05) is 6.07 Å². The zero-order valence-electron chi connectivity index (χ0n) is 9.39. The molecule has 0 amide bonds. The van der Waals surface area contributed by atoms with Crippen LogP contribution in [0.2, 0.25) is 0 Å². The predicted octanol–water partition coefficient (Wildman–Crippen LogP) is 2.29. The highest BCUT2D eigenvalue weighted by molar-refractivity contribution is 7.99. The lowest BCUT2D eigenvalue weighted by Crippen LogP contribution is -2.34. The molecule has 2 rings (SSSR count). The third-order valence-corrected chi connectivity index (χ3v) is 3.83. The predicted molar refractivity (Wildman–Crippen MR) is 67.7 cm³/mol. The van der Waals surface area contributed by atoms with E-state index in [-0.39, 0.29) is 0 Å². The number of thioether (sulfide) groups is 1. The van der Waals surface area contributed by atoms with Gasteiger partial charge in [-0.2, -0.15) is 17.0 Å². The van der Waals surface area contributed by atoms with Crippen LogP contribution >= 0.6 is 11.8 Å². The third-order valence-electron chi connectivity index (χ3n) is 2.83. The second-order valence-electron chi connectivity index (χ2n) is 3.94. The monoisotopic (exact) mass is 233 g/mol. The van der Waals surface area contributed by atoms with Crippen LogP contribution in [-0.4, -0.2) is 29.1 Å². The SMILES string of the molecule is CC1CCSCCN1c1cccc(C#N)n1. The van der Waals surface area contributed by atoms with Crippen molar-refractivity contribution in [2.45, 2.75) is 19.4 Å². The maximum atomic E-state index is 8.85. The highest BCUT2D eigenvalue weighted by Gasteiger charge is 2.18. The maximum absolute atomic E-state index is 8.85. The van der Waals surface area contributed by atoms with Crippen LogP contribution in [0.5, 0.6) is 0 Å². The Bertz CT molecular complexity index is 399. The first-order valence-corrected chi connectivity index (χ1v) is 6.68. The number of pyridine rings is 1. The first kappa shape index (κ1) is 11.3. The molecule has 0 N–H and O–H groups in total. The average molecular weight is 233 g/mol. The number of hydrogen-bond donors (Lipinski definition) is 0. The summed E-state index contributed by atoms with van der Waals surface area (Å²) in [6.45, 7) is 3.25. The molecule has 0 saturated carbocycles. The van der Waals surface area contributed by atoms with Crippen LogP contribution in [0.25, 0.3) is 0 Å². The molecule has 1 saturated heterocycles. The molecule has 1 aliphatic heterocycles. The molecule has 2 heterocycles. The molecule has 16 heavy (non-hydrogen) atoms. The van der Waals surface area contributed by atoms with Crippen molar-refractivity contribution >= 4 is 17.6 Å². The zero-order valence-corrected chi connectivity index (χ0v) is 10.2. The summed E-state index contributed by atoms with van der Waals surface area (Å²) < 4.78 is 0. The van der Waals surface area contributed by atoms with Gasteiger partial charge in [0, 0.05) is 18.3 Å². The second kappa shape index (κ2) is 5.22. The normalized spacial score (nSPS) is 21.2. The van der Waals surface area contributed by atoms with Gasteiger partial charge in [0.15, 0.2) is 0 Å². The van der Waals surface area contributed by atoms with Crippen LogP contribution in [0.15, 0.2) is 18.2 Å². The maximum Gasteiger partial charge on any atom is 0.142 e. The topological polar surface area (TPSA) is 39.9 Å². The van der Waals surface area contributed by atoms with Crippen molar-refractivity contribution in [2.24, 2.45) is 0 Å². The van der Waals surface area contributed by atoms with Gasteiger partial charge in [0.25, 0.3) is 0 Å².